The van der Waals surface area contributed by atoms with Crippen LogP contribution in [0.1, 0.15) is 19.3 Å². The number of hydrogen-bond acceptors (Lipinski definition) is 6. The highest BCUT2D eigenvalue weighted by Crippen LogP contribution is 2.32. The first-order valence-electron chi connectivity index (χ1n) is 6.49. The van der Waals surface area contributed by atoms with Crippen molar-refractivity contribution in [3.8, 4) is 5.75 Å². The Balaban J connectivity index is 1.70. The molecule has 0 saturated heterocycles. The van der Waals surface area contributed by atoms with Gasteiger partial charge in [-0.2, -0.15) is 0 Å². The van der Waals surface area contributed by atoms with E-state index in [1.54, 1.807) is 18.2 Å². The Morgan fingerprint density at radius 3 is 2.71 bits per heavy atom. The summed E-state index contributed by atoms with van der Waals surface area (Å²) < 4.78 is 5.62. The number of nitrogens with one attached hydrogen (secondary N) is 1. The second-order valence-corrected chi connectivity index (χ2v) is 5.97. The van der Waals surface area contributed by atoms with Crippen molar-refractivity contribution in [1.29, 1.82) is 0 Å². The van der Waals surface area contributed by atoms with E-state index in [2.05, 4.69) is 15.2 Å². The molecule has 0 amide bonds. The van der Waals surface area contributed by atoms with Crippen LogP contribution in [0.3, 0.4) is 0 Å². The van der Waals surface area contributed by atoms with Crippen molar-refractivity contribution < 1.29 is 4.74 Å². The number of rotatable bonds is 7. The average molecular weight is 347 g/mol. The molecule has 21 heavy (non-hydrogen) atoms. The van der Waals surface area contributed by atoms with Crippen molar-refractivity contribution >= 4 is 35.1 Å². The van der Waals surface area contributed by atoms with Crippen molar-refractivity contribution in [2.75, 3.05) is 6.61 Å². The number of para-hydroxylation sites is 1. The molecule has 3 N–H and O–H groups in total. The van der Waals surface area contributed by atoms with E-state index in [9.17, 15) is 0 Å². The van der Waals surface area contributed by atoms with E-state index in [0.717, 1.165) is 25.0 Å². The Morgan fingerprint density at radius 1 is 1.29 bits per heavy atom. The van der Waals surface area contributed by atoms with Crippen molar-refractivity contribution in [1.82, 2.24) is 4.83 Å². The molecule has 8 heteroatoms. The predicted octanol–water partition coefficient (Wildman–Crippen LogP) is 4.33. The number of halogens is 2. The van der Waals surface area contributed by atoms with Crippen molar-refractivity contribution in [2.45, 2.75) is 25.3 Å². The van der Waals surface area contributed by atoms with E-state index in [1.165, 1.54) is 11.9 Å². The van der Waals surface area contributed by atoms with Crippen molar-refractivity contribution in [3.05, 3.63) is 39.3 Å². The summed E-state index contributed by atoms with van der Waals surface area (Å²) in [5, 5.41) is 10.7. The lowest BCUT2D eigenvalue weighted by Crippen LogP contribution is -2.22. The van der Waals surface area contributed by atoms with Gasteiger partial charge in [-0.05, 0) is 43.3 Å². The number of nitrogens with zero attached hydrogens (tertiary/aromatic N) is 2. The predicted molar refractivity (Wildman–Crippen MR) is 87.4 cm³/mol. The van der Waals surface area contributed by atoms with Gasteiger partial charge < -0.3 is 10.5 Å². The number of allylic oxidation sites excluding steroid dienone is 1. The summed E-state index contributed by atoms with van der Waals surface area (Å²) >= 11 is 13.5. The third-order valence-electron chi connectivity index (χ3n) is 2.89. The maximum Gasteiger partial charge on any atom is 0.156 e. The Morgan fingerprint density at radius 2 is 2.05 bits per heavy atom. The lowest BCUT2D eigenvalue weighted by molar-refractivity contribution is 0.295. The van der Waals surface area contributed by atoms with E-state index in [1.807, 2.05) is 5.41 Å². The third-order valence-corrected chi connectivity index (χ3v) is 4.06. The Kier molecular flexibility index (Phi) is 6.63. The van der Waals surface area contributed by atoms with Crippen LogP contribution in [-0.4, -0.2) is 12.6 Å². The lowest BCUT2D eigenvalue weighted by Gasteiger charge is -2.14. The molecule has 0 spiro atoms. The van der Waals surface area contributed by atoms with E-state index >= 15 is 0 Å². The second-order valence-electron chi connectivity index (χ2n) is 4.51. The van der Waals surface area contributed by atoms with E-state index < -0.39 is 0 Å². The van der Waals surface area contributed by atoms with Crippen LogP contribution in [0.2, 0.25) is 10.0 Å². The summed E-state index contributed by atoms with van der Waals surface area (Å²) in [6, 6.07) is 5.30. The molecule has 1 aromatic carbocycles. The van der Waals surface area contributed by atoms with Gasteiger partial charge in [-0.1, -0.05) is 34.5 Å². The molecule has 0 fully saturated rings. The quantitative estimate of drug-likeness (QED) is 0.720. The number of nitrogens with two attached hydrogens (primary N) is 1. The molecule has 0 radical (unpaired) electrons. The summed E-state index contributed by atoms with van der Waals surface area (Å²) in [7, 11) is 0. The van der Waals surface area contributed by atoms with Crippen LogP contribution in [0.4, 0.5) is 0 Å². The highest BCUT2D eigenvalue weighted by molar-refractivity contribution is 8.00. The molecule has 2 rings (SSSR count). The van der Waals surface area contributed by atoms with Gasteiger partial charge in [0.1, 0.15) is 0 Å². The van der Waals surface area contributed by atoms with Gasteiger partial charge >= 0.3 is 0 Å². The minimum Gasteiger partial charge on any atom is -0.490 e. The summed E-state index contributed by atoms with van der Waals surface area (Å²) in [4.78, 5) is 2.69. The summed E-state index contributed by atoms with van der Waals surface area (Å²) in [6.07, 6.45) is 2.34. The first kappa shape index (κ1) is 16.4. The van der Waals surface area contributed by atoms with Gasteiger partial charge in [0.15, 0.2) is 5.75 Å². The first-order valence-corrected chi connectivity index (χ1v) is 8.13. The molecular weight excluding hydrogens is 331 g/mol. The molecule has 0 aliphatic carbocycles. The van der Waals surface area contributed by atoms with E-state index in [0.29, 0.717) is 22.4 Å². The van der Waals surface area contributed by atoms with Gasteiger partial charge in [-0.15, -0.1) is 5.11 Å². The highest BCUT2D eigenvalue weighted by Gasteiger charge is 2.09. The summed E-state index contributed by atoms with van der Waals surface area (Å²) in [6.45, 7) is 0.474. The molecule has 1 aliphatic rings. The van der Waals surface area contributed by atoms with Gasteiger partial charge in [0.05, 0.1) is 22.3 Å². The van der Waals surface area contributed by atoms with Gasteiger partial charge in [0, 0.05) is 11.4 Å². The Hall–Kier alpha value is -0.950. The molecule has 1 heterocycles. The van der Waals surface area contributed by atoms with Crippen LogP contribution >= 0.6 is 35.1 Å². The largest absolute Gasteiger partial charge is 0.490 e. The zero-order chi connectivity index (χ0) is 15.1. The molecule has 0 aromatic heterocycles. The maximum absolute atomic E-state index is 6.06. The van der Waals surface area contributed by atoms with Crippen LogP contribution in [0, 0.1) is 0 Å². The molecule has 1 unspecified atom stereocenters. The Labute approximate surface area is 138 Å². The van der Waals surface area contributed by atoms with Crippen LogP contribution in [0.15, 0.2) is 39.6 Å². The zero-order valence-corrected chi connectivity index (χ0v) is 13.6. The van der Waals surface area contributed by atoms with Crippen molar-refractivity contribution in [2.24, 2.45) is 16.1 Å². The maximum atomic E-state index is 6.06. The van der Waals surface area contributed by atoms with Gasteiger partial charge in [0.2, 0.25) is 0 Å². The molecule has 0 bridgehead atoms. The molecule has 1 aliphatic heterocycles. The normalized spacial score (nSPS) is 15.3. The van der Waals surface area contributed by atoms with Crippen LogP contribution < -0.4 is 15.3 Å². The molecular formula is C13H16Cl2N4OS. The molecule has 1 aromatic rings. The van der Waals surface area contributed by atoms with Crippen LogP contribution in [0.25, 0.3) is 0 Å². The minimum atomic E-state index is 0.0299. The monoisotopic (exact) mass is 346 g/mol. The van der Waals surface area contributed by atoms with Gasteiger partial charge in [-0.3, -0.25) is 0 Å². The summed E-state index contributed by atoms with van der Waals surface area (Å²) in [5.41, 5.74) is 7.00. The van der Waals surface area contributed by atoms with Crippen LogP contribution in [0.5, 0.6) is 5.75 Å². The number of hydrogen-bond donors (Lipinski definition) is 2. The first-order chi connectivity index (χ1) is 10.2. The van der Waals surface area contributed by atoms with Gasteiger partial charge in [0.25, 0.3) is 0 Å². The molecule has 0 saturated carbocycles. The van der Waals surface area contributed by atoms with E-state index in [-0.39, 0.29) is 6.04 Å². The topological polar surface area (TPSA) is 72.0 Å². The van der Waals surface area contributed by atoms with Gasteiger partial charge in [-0.25, -0.2) is 4.83 Å². The zero-order valence-electron chi connectivity index (χ0n) is 11.3. The summed E-state index contributed by atoms with van der Waals surface area (Å²) in [5.74, 6) is 0.513. The second kappa shape index (κ2) is 8.48. The SMILES string of the molecule is NC(CCOc1c(Cl)cccc1Cl)CCC1=CSNN=N1. The molecule has 5 nitrogen and oxygen atoms in total. The highest BCUT2D eigenvalue weighted by atomic mass is 35.5. The minimum absolute atomic E-state index is 0.0299. The fourth-order valence-electron chi connectivity index (χ4n) is 1.75. The smallest absolute Gasteiger partial charge is 0.156 e. The fourth-order valence-corrected chi connectivity index (χ4v) is 2.69. The van der Waals surface area contributed by atoms with Crippen LogP contribution in [-0.2, 0) is 0 Å². The Bertz CT molecular complexity index is 519. The third kappa shape index (κ3) is 5.39. The number of ether oxygens (including phenoxy) is 1. The fraction of sp³-hybridized carbons (Fsp3) is 0.385. The lowest BCUT2D eigenvalue weighted by atomic mass is 10.1. The molecule has 1 atom stereocenters. The standard InChI is InChI=1S/C13H16Cl2N4OS/c14-11-2-1-3-12(15)13(11)20-7-6-9(16)4-5-10-8-21-19-18-17-10/h1-3,8-9H,4-7,16H2,(H,17,19). The number of benzene rings is 1. The van der Waals surface area contributed by atoms with Crippen molar-refractivity contribution in [3.63, 3.8) is 0 Å². The molecule has 114 valence electrons. The van der Waals surface area contributed by atoms with E-state index in [4.69, 9.17) is 33.7 Å². The average Bonchev–Trinajstić information content (AvgIpc) is 2.49.